The number of likely N-dealkylation sites (tertiary alicyclic amines) is 2. The lowest BCUT2D eigenvalue weighted by Gasteiger charge is -2.37. The first kappa shape index (κ1) is 23.0. The van der Waals surface area contributed by atoms with Gasteiger partial charge in [-0.2, -0.15) is 0 Å². The minimum atomic E-state index is -0.622. The van der Waals surface area contributed by atoms with E-state index in [9.17, 15) is 18.8 Å². The number of benzene rings is 2. The molecule has 1 N–H and O–H groups in total. The van der Waals surface area contributed by atoms with Crippen molar-refractivity contribution in [1.82, 2.24) is 15.1 Å². The minimum absolute atomic E-state index is 0.0390. The van der Waals surface area contributed by atoms with E-state index in [2.05, 4.69) is 5.32 Å². The quantitative estimate of drug-likeness (QED) is 0.758. The zero-order valence-electron chi connectivity index (χ0n) is 18.9. The molecule has 0 aromatic heterocycles. The lowest BCUT2D eigenvalue weighted by molar-refractivity contribution is -0.134. The number of aryl methyl sites for hydroxylation is 1. The van der Waals surface area contributed by atoms with Crippen molar-refractivity contribution in [2.24, 2.45) is 5.92 Å². The van der Waals surface area contributed by atoms with Crippen molar-refractivity contribution in [3.05, 3.63) is 71.0 Å². The van der Waals surface area contributed by atoms with Gasteiger partial charge in [-0.25, -0.2) is 4.39 Å². The molecule has 0 radical (unpaired) electrons. The Bertz CT molecular complexity index is 1010. The highest BCUT2D eigenvalue weighted by Gasteiger charge is 2.37. The van der Waals surface area contributed by atoms with E-state index in [4.69, 9.17) is 0 Å². The molecule has 2 heterocycles. The Labute approximate surface area is 193 Å². The van der Waals surface area contributed by atoms with E-state index in [0.717, 1.165) is 18.4 Å². The standard InChI is InChI=1S/C26H30FN3O3/c1-18-7-9-20(10-8-18)24(31)28-23(26(33)29-13-2-3-14-29)19-11-15-30(16-12-19)25(32)21-5-4-6-22(27)17-21/h4-10,17,19,23H,2-3,11-16H2,1H3,(H,28,31)/t23-/m0/s1. The van der Waals surface area contributed by atoms with Crippen LogP contribution in [0.5, 0.6) is 0 Å². The van der Waals surface area contributed by atoms with Gasteiger partial charge in [-0.1, -0.05) is 23.8 Å². The summed E-state index contributed by atoms with van der Waals surface area (Å²) in [6.07, 6.45) is 3.15. The summed E-state index contributed by atoms with van der Waals surface area (Å²) < 4.78 is 13.5. The molecule has 0 bridgehead atoms. The van der Waals surface area contributed by atoms with Crippen LogP contribution in [-0.2, 0) is 4.79 Å². The third kappa shape index (κ3) is 5.41. The Hall–Kier alpha value is -3.22. The fraction of sp³-hybridized carbons (Fsp3) is 0.423. The molecule has 33 heavy (non-hydrogen) atoms. The highest BCUT2D eigenvalue weighted by Crippen LogP contribution is 2.25. The number of hydrogen-bond donors (Lipinski definition) is 1. The fourth-order valence-corrected chi connectivity index (χ4v) is 4.68. The average Bonchev–Trinajstić information content (AvgIpc) is 3.37. The van der Waals surface area contributed by atoms with E-state index in [1.807, 2.05) is 24.0 Å². The van der Waals surface area contributed by atoms with E-state index in [1.54, 1.807) is 23.1 Å². The molecule has 2 saturated heterocycles. The number of hydrogen-bond acceptors (Lipinski definition) is 3. The Morgan fingerprint density at radius 2 is 1.58 bits per heavy atom. The van der Waals surface area contributed by atoms with E-state index in [-0.39, 0.29) is 23.6 Å². The normalized spacial score (nSPS) is 17.6. The van der Waals surface area contributed by atoms with Crippen LogP contribution in [0.25, 0.3) is 0 Å². The molecule has 2 aliphatic heterocycles. The summed E-state index contributed by atoms with van der Waals surface area (Å²) >= 11 is 0. The van der Waals surface area contributed by atoms with Gasteiger partial charge in [-0.05, 0) is 68.9 Å². The zero-order chi connectivity index (χ0) is 23.4. The number of piperidine rings is 1. The molecule has 0 aliphatic carbocycles. The van der Waals surface area contributed by atoms with Crippen molar-refractivity contribution in [2.45, 2.75) is 38.6 Å². The van der Waals surface area contributed by atoms with Crippen LogP contribution in [0.3, 0.4) is 0 Å². The van der Waals surface area contributed by atoms with Gasteiger partial charge in [0.2, 0.25) is 5.91 Å². The number of rotatable bonds is 5. The number of amides is 3. The van der Waals surface area contributed by atoms with Crippen LogP contribution in [0, 0.1) is 18.7 Å². The molecule has 1 atom stereocenters. The van der Waals surface area contributed by atoms with Crippen LogP contribution in [0.2, 0.25) is 0 Å². The van der Waals surface area contributed by atoms with E-state index >= 15 is 0 Å². The highest BCUT2D eigenvalue weighted by molar-refractivity contribution is 5.98. The Morgan fingerprint density at radius 1 is 0.909 bits per heavy atom. The Kier molecular flexibility index (Phi) is 7.06. The number of carbonyl (C=O) groups excluding carboxylic acids is 3. The molecule has 2 aliphatic rings. The predicted molar refractivity (Wildman–Crippen MR) is 123 cm³/mol. The van der Waals surface area contributed by atoms with Crippen molar-refractivity contribution in [3.8, 4) is 0 Å². The van der Waals surface area contributed by atoms with Gasteiger partial charge in [-0.15, -0.1) is 0 Å². The molecule has 3 amide bonds. The van der Waals surface area contributed by atoms with Crippen molar-refractivity contribution in [1.29, 1.82) is 0 Å². The summed E-state index contributed by atoms with van der Waals surface area (Å²) in [5, 5.41) is 3.00. The summed E-state index contributed by atoms with van der Waals surface area (Å²) in [5.41, 5.74) is 1.91. The summed E-state index contributed by atoms with van der Waals surface area (Å²) in [7, 11) is 0. The van der Waals surface area contributed by atoms with Crippen LogP contribution in [0.4, 0.5) is 4.39 Å². The van der Waals surface area contributed by atoms with Gasteiger partial charge in [0.15, 0.2) is 0 Å². The number of carbonyl (C=O) groups is 3. The van der Waals surface area contributed by atoms with Crippen molar-refractivity contribution in [2.75, 3.05) is 26.2 Å². The van der Waals surface area contributed by atoms with Gasteiger partial charge in [0.1, 0.15) is 11.9 Å². The second kappa shape index (κ2) is 10.1. The lowest BCUT2D eigenvalue weighted by atomic mass is 9.88. The fourth-order valence-electron chi connectivity index (χ4n) is 4.68. The van der Waals surface area contributed by atoms with Crippen LogP contribution >= 0.6 is 0 Å². The van der Waals surface area contributed by atoms with Crippen LogP contribution in [-0.4, -0.2) is 59.7 Å². The minimum Gasteiger partial charge on any atom is -0.341 e. The maximum absolute atomic E-state index is 13.5. The molecular formula is C26H30FN3O3. The molecule has 0 saturated carbocycles. The maximum Gasteiger partial charge on any atom is 0.253 e. The van der Waals surface area contributed by atoms with Gasteiger partial charge >= 0.3 is 0 Å². The monoisotopic (exact) mass is 451 g/mol. The summed E-state index contributed by atoms with van der Waals surface area (Å²) in [6.45, 7) is 4.31. The molecule has 7 heteroatoms. The summed E-state index contributed by atoms with van der Waals surface area (Å²) in [4.78, 5) is 42.6. The molecule has 0 spiro atoms. The first-order valence-electron chi connectivity index (χ1n) is 11.6. The number of nitrogens with one attached hydrogen (secondary N) is 1. The van der Waals surface area contributed by atoms with Crippen molar-refractivity contribution < 1.29 is 18.8 Å². The molecular weight excluding hydrogens is 421 g/mol. The second-order valence-corrected chi connectivity index (χ2v) is 8.99. The molecule has 6 nitrogen and oxygen atoms in total. The summed E-state index contributed by atoms with van der Waals surface area (Å²) in [5.74, 6) is -1.01. The van der Waals surface area contributed by atoms with Crippen molar-refractivity contribution >= 4 is 17.7 Å². The number of nitrogens with zero attached hydrogens (tertiary/aromatic N) is 2. The van der Waals surface area contributed by atoms with Crippen LogP contribution < -0.4 is 5.32 Å². The molecule has 2 aromatic carbocycles. The zero-order valence-corrected chi connectivity index (χ0v) is 18.9. The first-order chi connectivity index (χ1) is 15.9. The lowest BCUT2D eigenvalue weighted by Crippen LogP contribution is -2.54. The average molecular weight is 452 g/mol. The molecule has 2 fully saturated rings. The van der Waals surface area contributed by atoms with E-state index in [0.29, 0.717) is 50.1 Å². The number of halogens is 1. The van der Waals surface area contributed by atoms with Crippen molar-refractivity contribution in [3.63, 3.8) is 0 Å². The molecule has 4 rings (SSSR count). The van der Waals surface area contributed by atoms with Crippen LogP contribution in [0.15, 0.2) is 48.5 Å². The Balaban J connectivity index is 1.45. The van der Waals surface area contributed by atoms with E-state index < -0.39 is 11.9 Å². The largest absolute Gasteiger partial charge is 0.341 e. The third-order valence-electron chi connectivity index (χ3n) is 6.65. The predicted octanol–water partition coefficient (Wildman–Crippen LogP) is 3.41. The molecule has 0 unspecified atom stereocenters. The Morgan fingerprint density at radius 3 is 2.21 bits per heavy atom. The summed E-state index contributed by atoms with van der Waals surface area (Å²) in [6, 6.07) is 12.4. The van der Waals surface area contributed by atoms with E-state index in [1.165, 1.54) is 18.2 Å². The van der Waals surface area contributed by atoms with Gasteiger partial charge in [0.25, 0.3) is 11.8 Å². The topological polar surface area (TPSA) is 69.7 Å². The SMILES string of the molecule is Cc1ccc(C(=O)N[C@H](C(=O)N2CCCC2)C2CCN(C(=O)c3cccc(F)c3)CC2)cc1. The molecule has 174 valence electrons. The van der Waals surface area contributed by atoms with Gasteiger partial charge in [-0.3, -0.25) is 14.4 Å². The van der Waals surface area contributed by atoms with Gasteiger partial charge in [0, 0.05) is 37.3 Å². The smallest absolute Gasteiger partial charge is 0.253 e. The first-order valence-corrected chi connectivity index (χ1v) is 11.6. The highest BCUT2D eigenvalue weighted by atomic mass is 19.1. The maximum atomic E-state index is 13.5. The van der Waals surface area contributed by atoms with Gasteiger partial charge < -0.3 is 15.1 Å². The second-order valence-electron chi connectivity index (χ2n) is 8.99. The third-order valence-corrected chi connectivity index (χ3v) is 6.65. The molecule has 2 aromatic rings. The van der Waals surface area contributed by atoms with Crippen LogP contribution in [0.1, 0.15) is 52.0 Å². The van der Waals surface area contributed by atoms with Gasteiger partial charge in [0.05, 0.1) is 0 Å².